The third-order valence-electron chi connectivity index (χ3n) is 0. The van der Waals surface area contributed by atoms with Crippen LogP contribution in [0.2, 0.25) is 0 Å². The van der Waals surface area contributed by atoms with Crippen molar-refractivity contribution < 1.29 is 67.9 Å². The van der Waals surface area contributed by atoms with E-state index in [0.29, 0.717) is 0 Å². The first-order chi connectivity index (χ1) is 4.00. The fourth-order valence-electron chi connectivity index (χ4n) is 0. The van der Waals surface area contributed by atoms with Crippen LogP contribution in [0.1, 0.15) is 0 Å². The molecule has 0 atom stereocenters. The van der Waals surface area contributed by atoms with E-state index in [9.17, 15) is 0 Å². The van der Waals surface area contributed by atoms with Gasteiger partial charge in [-0.3, -0.25) is 17.5 Å². The van der Waals surface area contributed by atoms with Crippen molar-refractivity contribution in [2.45, 2.75) is 0 Å². The first-order valence-corrected chi connectivity index (χ1v) is 4.10. The zero-order chi connectivity index (χ0) is 9.00. The van der Waals surface area contributed by atoms with E-state index >= 15 is 0 Å². The van der Waals surface area contributed by atoms with Gasteiger partial charge in [0.15, 0.2) is 0 Å². The van der Waals surface area contributed by atoms with Gasteiger partial charge in [-0.2, -0.15) is 8.42 Å². The third-order valence-corrected chi connectivity index (χ3v) is 0. The minimum atomic E-state index is -5.17. The second-order valence-corrected chi connectivity index (χ2v) is 2.57. The van der Waals surface area contributed by atoms with Crippen LogP contribution in [0.4, 0.5) is 0 Å². The molecule has 0 aromatic rings. The van der Waals surface area contributed by atoms with Gasteiger partial charge in [-0.15, -0.1) is 0 Å². The molecule has 0 aliphatic heterocycles. The smallest absolute Gasteiger partial charge is 0.759 e. The van der Waals surface area contributed by atoms with Crippen LogP contribution in [-0.2, 0) is 20.8 Å². The summed E-state index contributed by atoms with van der Waals surface area (Å²) in [6, 6.07) is 0. The molecule has 20 N–H and O–H groups in total. The van der Waals surface area contributed by atoms with Gasteiger partial charge < -0.3 is 54.3 Å². The second-order valence-electron chi connectivity index (χ2n) is 0.856. The molecule has 0 rings (SSSR count). The number of rotatable bonds is 0. The molecule has 19 heteroatoms. The van der Waals surface area contributed by atoms with Crippen molar-refractivity contribution in [1.82, 2.24) is 12.3 Å². The Morgan fingerprint density at radius 1 is 0.632 bits per heavy atom. The maximum absolute atomic E-state index is 8.74. The fraction of sp³-hybridized carbons (Fsp3) is 0. The van der Waals surface area contributed by atoms with Crippen molar-refractivity contribution in [3.05, 3.63) is 0 Å². The zero-order valence-corrected chi connectivity index (χ0v) is 12.3. The van der Waals surface area contributed by atoms with Crippen LogP contribution >= 0.6 is 0 Å². The summed E-state index contributed by atoms with van der Waals surface area (Å²) in [6.07, 6.45) is 0. The molecule has 128 valence electrons. The molecule has 0 aromatic carbocycles. The molecule has 19 heavy (non-hydrogen) atoms. The standard InChI is InChI=1S/Mg.2H3N.2H2O4S.6H2O/c;;;2*1-5(2,3)4;;;;;;/h;2*1H3;2*(H2,1,2,3,4);6*1H2/q+2;;;;;;;;;;/p-2. The van der Waals surface area contributed by atoms with Crippen LogP contribution in [-0.4, -0.2) is 91.0 Å². The van der Waals surface area contributed by atoms with Gasteiger partial charge in [0.2, 0.25) is 0 Å². The Hall–Kier alpha value is 0.186. The van der Waals surface area contributed by atoms with E-state index in [-0.39, 0.29) is 68.2 Å². The van der Waals surface area contributed by atoms with Crippen LogP contribution in [0, 0.1) is 0 Å². The minimum Gasteiger partial charge on any atom is -0.759 e. The van der Waals surface area contributed by atoms with Crippen LogP contribution < -0.4 is 12.3 Å². The molecule has 0 aromatic heterocycles. The van der Waals surface area contributed by atoms with Gasteiger partial charge in [0.1, 0.15) is 0 Å². The Morgan fingerprint density at radius 3 is 0.632 bits per heavy atom. The predicted molar refractivity (Wildman–Crippen MR) is 62.1 cm³/mol. The zero-order valence-electron chi connectivity index (χ0n) is 9.28. The van der Waals surface area contributed by atoms with Crippen LogP contribution in [0.25, 0.3) is 0 Å². The molecule has 0 fully saturated rings. The SMILES string of the molecule is N.N.O.O.O.O.O.O.O=S(=O)(O)O.O=S(=O)([O-])[O-].[Mg+2]. The average molecular weight is 361 g/mol. The molecule has 0 amide bonds. The number of hydrogen-bond acceptors (Lipinski definition) is 8. The molecular weight excluding hydrogens is 340 g/mol. The largest absolute Gasteiger partial charge is 2.00 e. The molecule has 0 saturated carbocycles. The summed E-state index contributed by atoms with van der Waals surface area (Å²) in [4.78, 5) is 0. The van der Waals surface area contributed by atoms with Gasteiger partial charge in [0.05, 0.1) is 0 Å². The molecular formula is H20MgN2O14S2. The van der Waals surface area contributed by atoms with Crippen molar-refractivity contribution >= 4 is 43.9 Å². The predicted octanol–water partition coefficient (Wildman–Crippen LogP) is -7.00. The second kappa shape index (κ2) is 36.2. The third kappa shape index (κ3) is 137000. The van der Waals surface area contributed by atoms with Gasteiger partial charge in [0, 0.05) is 10.4 Å². The molecule has 0 radical (unpaired) electrons. The summed E-state index contributed by atoms with van der Waals surface area (Å²) in [7, 11) is -9.83. The quantitative estimate of drug-likeness (QED) is 0.179. The van der Waals surface area contributed by atoms with Gasteiger partial charge in [-0.1, -0.05) is 0 Å². The van der Waals surface area contributed by atoms with E-state index in [1.54, 1.807) is 0 Å². The van der Waals surface area contributed by atoms with Crippen LogP contribution in [0.5, 0.6) is 0 Å². The summed E-state index contributed by atoms with van der Waals surface area (Å²) >= 11 is 0. The fourth-order valence-corrected chi connectivity index (χ4v) is 0. The first-order valence-electron chi connectivity index (χ1n) is 1.37. The van der Waals surface area contributed by atoms with Crippen molar-refractivity contribution in [3.8, 4) is 0 Å². The number of hydrogen-bond donors (Lipinski definition) is 4. The van der Waals surface area contributed by atoms with E-state index in [4.69, 9.17) is 35.0 Å². The Kier molecular flexibility index (Phi) is 180. The van der Waals surface area contributed by atoms with Gasteiger partial charge >= 0.3 is 33.5 Å². The molecule has 0 unspecified atom stereocenters. The molecule has 0 saturated heterocycles. The molecule has 0 bridgehead atoms. The summed E-state index contributed by atoms with van der Waals surface area (Å²) < 4.78 is 65.7. The van der Waals surface area contributed by atoms with E-state index in [1.807, 2.05) is 0 Å². The van der Waals surface area contributed by atoms with Gasteiger partial charge in [-0.05, 0) is 0 Å². The summed E-state index contributed by atoms with van der Waals surface area (Å²) in [5.41, 5.74) is 0. The molecule has 0 spiro atoms. The Bertz CT molecular complexity index is 220. The van der Waals surface area contributed by atoms with Crippen molar-refractivity contribution in [1.29, 1.82) is 0 Å². The summed E-state index contributed by atoms with van der Waals surface area (Å²) in [5.74, 6) is 0. The maximum atomic E-state index is 8.74. The van der Waals surface area contributed by atoms with E-state index < -0.39 is 20.8 Å². The van der Waals surface area contributed by atoms with Crippen LogP contribution in [0.3, 0.4) is 0 Å². The summed E-state index contributed by atoms with van der Waals surface area (Å²) in [6.45, 7) is 0. The average Bonchev–Trinajstić information content (AvgIpc) is 1.12. The first kappa shape index (κ1) is 94.7. The van der Waals surface area contributed by atoms with Crippen LogP contribution in [0.15, 0.2) is 0 Å². The normalized spacial score (nSPS) is 6.11. The Morgan fingerprint density at radius 2 is 0.632 bits per heavy atom. The van der Waals surface area contributed by atoms with Gasteiger partial charge in [-0.25, -0.2) is 0 Å². The Labute approximate surface area is 124 Å². The maximum Gasteiger partial charge on any atom is 2.00 e. The van der Waals surface area contributed by atoms with Crippen molar-refractivity contribution in [3.63, 3.8) is 0 Å². The molecule has 16 nitrogen and oxygen atoms in total. The monoisotopic (exact) mass is 360 g/mol. The minimum absolute atomic E-state index is 0. The molecule has 0 heterocycles. The van der Waals surface area contributed by atoms with Gasteiger partial charge in [0.25, 0.3) is 0 Å². The molecule has 0 aliphatic carbocycles. The topological polar surface area (TPSA) is 414 Å². The van der Waals surface area contributed by atoms with Crippen molar-refractivity contribution in [2.24, 2.45) is 0 Å². The van der Waals surface area contributed by atoms with E-state index in [0.717, 1.165) is 0 Å². The van der Waals surface area contributed by atoms with Crippen molar-refractivity contribution in [2.75, 3.05) is 0 Å². The van der Waals surface area contributed by atoms with E-state index in [1.165, 1.54) is 0 Å². The Balaban J connectivity index is -0.00000000508. The van der Waals surface area contributed by atoms with E-state index in [2.05, 4.69) is 0 Å². The summed E-state index contributed by atoms with van der Waals surface area (Å²) in [5, 5.41) is 0. The molecule has 0 aliphatic rings.